The van der Waals surface area contributed by atoms with Crippen molar-refractivity contribution in [2.75, 3.05) is 38.7 Å². The number of nitrogens with one attached hydrogen (secondary N) is 1. The molecule has 2 aliphatic rings. The largest absolute Gasteiger partial charge is 0.496 e. The second-order valence-corrected chi connectivity index (χ2v) is 8.25. The first kappa shape index (κ1) is 20.6. The molecular formula is C24H28N4O4. The first-order valence-electron chi connectivity index (χ1n) is 11.0. The average Bonchev–Trinajstić information content (AvgIpc) is 3.23. The molecular weight excluding hydrogens is 408 g/mol. The van der Waals surface area contributed by atoms with Gasteiger partial charge in [0.2, 0.25) is 0 Å². The van der Waals surface area contributed by atoms with Gasteiger partial charge in [-0.05, 0) is 51.1 Å². The number of piperidine rings is 1. The van der Waals surface area contributed by atoms with Gasteiger partial charge in [0.15, 0.2) is 17.3 Å². The fraction of sp³-hybridized carbons (Fsp3) is 0.417. The zero-order valence-electron chi connectivity index (χ0n) is 18.5. The molecule has 0 unspecified atom stereocenters. The Morgan fingerprint density at radius 3 is 2.56 bits per heavy atom. The van der Waals surface area contributed by atoms with Gasteiger partial charge in [0.05, 0.1) is 7.11 Å². The molecule has 0 saturated carbocycles. The Morgan fingerprint density at radius 2 is 1.84 bits per heavy atom. The minimum atomic E-state index is 0.439. The number of hydrogen-bond donors (Lipinski definition) is 1. The van der Waals surface area contributed by atoms with Gasteiger partial charge in [0.25, 0.3) is 0 Å². The molecule has 8 heteroatoms. The van der Waals surface area contributed by atoms with Crippen molar-refractivity contribution in [3.05, 3.63) is 53.4 Å². The van der Waals surface area contributed by atoms with Crippen LogP contribution in [0.15, 0.2) is 40.9 Å². The van der Waals surface area contributed by atoms with Crippen LogP contribution >= 0.6 is 0 Å². The summed E-state index contributed by atoms with van der Waals surface area (Å²) in [4.78, 5) is 7.29. The topological polar surface area (TPSA) is 81.9 Å². The monoisotopic (exact) mass is 436 g/mol. The highest BCUT2D eigenvalue weighted by Gasteiger charge is 2.24. The Bertz CT molecular complexity index is 1080. The maximum Gasteiger partial charge on any atom is 0.175 e. The summed E-state index contributed by atoms with van der Waals surface area (Å²) < 4.78 is 22.2. The normalized spacial score (nSPS) is 16.7. The van der Waals surface area contributed by atoms with Crippen molar-refractivity contribution in [3.63, 3.8) is 0 Å². The first-order chi connectivity index (χ1) is 15.7. The van der Waals surface area contributed by atoms with E-state index in [0.717, 1.165) is 72.6 Å². The molecule has 1 N–H and O–H groups in total. The molecule has 1 saturated heterocycles. The lowest BCUT2D eigenvalue weighted by Crippen LogP contribution is -2.33. The average molecular weight is 437 g/mol. The Balaban J connectivity index is 1.22. The van der Waals surface area contributed by atoms with Gasteiger partial charge in [-0.3, -0.25) is 4.90 Å². The van der Waals surface area contributed by atoms with Crippen LogP contribution < -0.4 is 19.5 Å². The van der Waals surface area contributed by atoms with E-state index in [9.17, 15) is 0 Å². The van der Waals surface area contributed by atoms with Crippen LogP contribution in [0.1, 0.15) is 35.8 Å². The highest BCUT2D eigenvalue weighted by atomic mass is 16.6. The summed E-state index contributed by atoms with van der Waals surface area (Å²) in [6, 6.07) is 12.0. The SMILES string of the molecule is COc1cc2c(cc1CN1CCC(c3cccc(Nc4cc(C)on4)n3)CC1)OCCO2. The molecule has 1 fully saturated rings. The molecule has 8 nitrogen and oxygen atoms in total. The van der Waals surface area contributed by atoms with Crippen LogP contribution in [0.5, 0.6) is 17.2 Å². The van der Waals surface area contributed by atoms with E-state index in [4.69, 9.17) is 23.7 Å². The predicted octanol–water partition coefficient (Wildman–Crippen LogP) is 4.28. The van der Waals surface area contributed by atoms with Crippen LogP contribution in [0, 0.1) is 6.92 Å². The number of anilines is 2. The van der Waals surface area contributed by atoms with E-state index < -0.39 is 0 Å². The zero-order chi connectivity index (χ0) is 21.9. The number of aromatic nitrogens is 2. The van der Waals surface area contributed by atoms with Gasteiger partial charge in [-0.2, -0.15) is 0 Å². The second-order valence-electron chi connectivity index (χ2n) is 8.25. The van der Waals surface area contributed by atoms with E-state index in [1.165, 1.54) is 0 Å². The lowest BCUT2D eigenvalue weighted by atomic mass is 9.92. The number of fused-ring (bicyclic) bond motifs is 1. The number of ether oxygens (including phenoxy) is 3. The van der Waals surface area contributed by atoms with Gasteiger partial charge in [-0.15, -0.1) is 0 Å². The first-order valence-corrected chi connectivity index (χ1v) is 11.0. The third kappa shape index (κ3) is 4.50. The second kappa shape index (κ2) is 9.08. The Hall–Kier alpha value is -3.26. The van der Waals surface area contributed by atoms with Gasteiger partial charge < -0.3 is 24.1 Å². The summed E-state index contributed by atoms with van der Waals surface area (Å²) >= 11 is 0. The van der Waals surface area contributed by atoms with Crippen molar-refractivity contribution in [2.24, 2.45) is 0 Å². The number of rotatable bonds is 6. The third-order valence-electron chi connectivity index (χ3n) is 6.00. The van der Waals surface area contributed by atoms with E-state index in [-0.39, 0.29) is 0 Å². The molecule has 0 atom stereocenters. The van der Waals surface area contributed by atoms with Crippen molar-refractivity contribution in [2.45, 2.75) is 32.2 Å². The summed E-state index contributed by atoms with van der Waals surface area (Å²) in [6.45, 7) is 5.87. The molecule has 3 aromatic rings. The molecule has 5 rings (SSSR count). The Labute approximate surface area is 187 Å². The molecule has 0 amide bonds. The smallest absolute Gasteiger partial charge is 0.175 e. The molecule has 1 aromatic carbocycles. The molecule has 2 aromatic heterocycles. The van der Waals surface area contributed by atoms with Crippen molar-refractivity contribution in [3.8, 4) is 17.2 Å². The fourth-order valence-electron chi connectivity index (χ4n) is 4.36. The zero-order valence-corrected chi connectivity index (χ0v) is 18.5. The van der Waals surface area contributed by atoms with Crippen LogP contribution in [0.2, 0.25) is 0 Å². The number of aryl methyl sites for hydroxylation is 1. The molecule has 32 heavy (non-hydrogen) atoms. The molecule has 0 radical (unpaired) electrons. The van der Waals surface area contributed by atoms with E-state index in [2.05, 4.69) is 27.5 Å². The van der Waals surface area contributed by atoms with Crippen LogP contribution in [0.4, 0.5) is 11.6 Å². The number of likely N-dealkylation sites (tertiary alicyclic amines) is 1. The number of hydrogen-bond acceptors (Lipinski definition) is 8. The van der Waals surface area contributed by atoms with Gasteiger partial charge in [-0.25, -0.2) is 4.98 Å². The van der Waals surface area contributed by atoms with Gasteiger partial charge in [-0.1, -0.05) is 11.2 Å². The summed E-state index contributed by atoms with van der Waals surface area (Å²) in [6.07, 6.45) is 2.12. The van der Waals surface area contributed by atoms with Gasteiger partial charge in [0, 0.05) is 35.9 Å². The summed E-state index contributed by atoms with van der Waals surface area (Å²) in [7, 11) is 1.70. The maximum absolute atomic E-state index is 5.76. The van der Waals surface area contributed by atoms with Gasteiger partial charge in [0.1, 0.15) is 30.5 Å². The molecule has 4 heterocycles. The van der Waals surface area contributed by atoms with E-state index in [1.807, 2.05) is 31.2 Å². The molecule has 0 spiro atoms. The lowest BCUT2D eigenvalue weighted by molar-refractivity contribution is 0.169. The number of nitrogens with zero attached hydrogens (tertiary/aromatic N) is 3. The van der Waals surface area contributed by atoms with Crippen molar-refractivity contribution in [1.29, 1.82) is 0 Å². The molecule has 0 aliphatic carbocycles. The van der Waals surface area contributed by atoms with E-state index in [0.29, 0.717) is 24.9 Å². The van der Waals surface area contributed by atoms with Gasteiger partial charge >= 0.3 is 0 Å². The minimum Gasteiger partial charge on any atom is -0.496 e. The minimum absolute atomic E-state index is 0.439. The van der Waals surface area contributed by atoms with Crippen molar-refractivity contribution in [1.82, 2.24) is 15.0 Å². The van der Waals surface area contributed by atoms with E-state index >= 15 is 0 Å². The quantitative estimate of drug-likeness (QED) is 0.613. The predicted molar refractivity (Wildman–Crippen MR) is 120 cm³/mol. The Kier molecular flexibility index (Phi) is 5.85. The Morgan fingerprint density at radius 1 is 1.06 bits per heavy atom. The van der Waals surface area contributed by atoms with E-state index in [1.54, 1.807) is 7.11 Å². The highest BCUT2D eigenvalue weighted by Crippen LogP contribution is 2.38. The lowest BCUT2D eigenvalue weighted by Gasteiger charge is -2.32. The standard InChI is InChI=1S/C24H28N4O4/c1-16-12-24(27-32-16)26-23-5-3-4-19(25-23)17-6-8-28(9-7-17)15-18-13-21-22(14-20(18)29-2)31-11-10-30-21/h3-5,12-14,17H,6-11,15H2,1-2H3,(H,25,26,27). The maximum atomic E-state index is 5.76. The summed E-state index contributed by atoms with van der Waals surface area (Å²) in [5, 5.41) is 7.21. The highest BCUT2D eigenvalue weighted by molar-refractivity contribution is 5.52. The van der Waals surface area contributed by atoms with Crippen LogP contribution in [0.3, 0.4) is 0 Å². The van der Waals surface area contributed by atoms with Crippen molar-refractivity contribution < 1.29 is 18.7 Å². The molecule has 168 valence electrons. The number of methoxy groups -OCH3 is 1. The number of benzene rings is 1. The van der Waals surface area contributed by atoms with Crippen LogP contribution in [-0.2, 0) is 6.54 Å². The van der Waals surface area contributed by atoms with Crippen molar-refractivity contribution >= 4 is 11.6 Å². The summed E-state index contributed by atoms with van der Waals surface area (Å²) in [5.74, 6) is 5.09. The third-order valence-corrected chi connectivity index (χ3v) is 6.00. The summed E-state index contributed by atoms with van der Waals surface area (Å²) in [5.41, 5.74) is 2.24. The fourth-order valence-corrected chi connectivity index (χ4v) is 4.36. The number of pyridine rings is 1. The molecule has 0 bridgehead atoms. The molecule has 2 aliphatic heterocycles. The van der Waals surface area contributed by atoms with Crippen LogP contribution in [-0.4, -0.2) is 48.5 Å². The van der Waals surface area contributed by atoms with Crippen LogP contribution in [0.25, 0.3) is 0 Å².